The van der Waals surface area contributed by atoms with Gasteiger partial charge in [-0.1, -0.05) is 18.5 Å². The van der Waals surface area contributed by atoms with Gasteiger partial charge in [0.15, 0.2) is 10.8 Å². The number of nitrogens with zero attached hydrogens (tertiary/aromatic N) is 6. The predicted molar refractivity (Wildman–Crippen MR) is 124 cm³/mol. The summed E-state index contributed by atoms with van der Waals surface area (Å²) >= 11 is 8.10. The van der Waals surface area contributed by atoms with Gasteiger partial charge in [-0.15, -0.1) is 0 Å². The molecule has 1 aliphatic rings. The van der Waals surface area contributed by atoms with E-state index in [1.54, 1.807) is 18.6 Å². The maximum absolute atomic E-state index is 6.65. The number of hydrogen-bond donors (Lipinski definition) is 2. The van der Waals surface area contributed by atoms with Gasteiger partial charge in [-0.3, -0.25) is 4.98 Å². The smallest absolute Gasteiger partial charge is 0.196 e. The van der Waals surface area contributed by atoms with Crippen LogP contribution in [0.25, 0.3) is 22.2 Å². The number of rotatable bonds is 7. The summed E-state index contributed by atoms with van der Waals surface area (Å²) in [5, 5.41) is 5.68. The third-order valence-electron chi connectivity index (χ3n) is 5.42. The Kier molecular flexibility index (Phi) is 5.89. The first-order valence-electron chi connectivity index (χ1n) is 10.5. The fourth-order valence-electron chi connectivity index (χ4n) is 3.84. The van der Waals surface area contributed by atoms with E-state index in [1.807, 2.05) is 6.07 Å². The van der Waals surface area contributed by atoms with Crippen LogP contribution in [0.4, 0.5) is 5.82 Å². The molecule has 10 heteroatoms. The van der Waals surface area contributed by atoms with Crippen molar-refractivity contribution in [2.24, 2.45) is 0 Å². The number of hydrogen-bond acceptors (Lipinski definition) is 8. The van der Waals surface area contributed by atoms with Gasteiger partial charge in [-0.05, 0) is 50.2 Å². The molecule has 1 aliphatic heterocycles. The lowest BCUT2D eigenvalue weighted by molar-refractivity contribution is 0.352. The van der Waals surface area contributed by atoms with Crippen LogP contribution in [-0.4, -0.2) is 61.0 Å². The van der Waals surface area contributed by atoms with Crippen LogP contribution < -0.4 is 5.32 Å². The third kappa shape index (κ3) is 4.30. The van der Waals surface area contributed by atoms with Crippen molar-refractivity contribution < 1.29 is 0 Å². The van der Waals surface area contributed by atoms with Crippen molar-refractivity contribution in [3.8, 4) is 0 Å². The van der Waals surface area contributed by atoms with Crippen LogP contribution in [0.15, 0.2) is 34.7 Å². The molecule has 1 saturated heterocycles. The molecule has 0 spiro atoms. The van der Waals surface area contributed by atoms with Gasteiger partial charge in [0.1, 0.15) is 17.0 Å². The molecule has 0 unspecified atom stereocenters. The van der Waals surface area contributed by atoms with E-state index < -0.39 is 0 Å². The van der Waals surface area contributed by atoms with Gasteiger partial charge in [0.25, 0.3) is 0 Å². The van der Waals surface area contributed by atoms with Crippen LogP contribution >= 0.6 is 23.4 Å². The lowest BCUT2D eigenvalue weighted by atomic mass is 10.3. The zero-order valence-electron chi connectivity index (χ0n) is 17.2. The van der Waals surface area contributed by atoms with Crippen molar-refractivity contribution in [1.29, 1.82) is 0 Å². The van der Waals surface area contributed by atoms with Crippen LogP contribution in [0.1, 0.15) is 25.5 Å². The van der Waals surface area contributed by atoms with Gasteiger partial charge in [-0.2, -0.15) is 0 Å². The van der Waals surface area contributed by atoms with Crippen LogP contribution in [0.5, 0.6) is 0 Å². The number of aromatic amines is 1. The van der Waals surface area contributed by atoms with Gasteiger partial charge in [0, 0.05) is 42.3 Å². The minimum atomic E-state index is 0.622. The first-order chi connectivity index (χ1) is 15.2. The van der Waals surface area contributed by atoms with Crippen molar-refractivity contribution in [2.45, 2.75) is 36.2 Å². The Morgan fingerprint density at radius 1 is 1.16 bits per heavy atom. The number of pyridine rings is 1. The number of aryl methyl sites for hydroxylation is 1. The van der Waals surface area contributed by atoms with Crippen molar-refractivity contribution >= 4 is 51.4 Å². The summed E-state index contributed by atoms with van der Waals surface area (Å²) in [5.41, 5.74) is 3.08. The highest BCUT2D eigenvalue weighted by molar-refractivity contribution is 7.99. The molecular weight excluding hydrogens is 432 g/mol. The molecule has 160 valence electrons. The zero-order chi connectivity index (χ0) is 21.2. The number of H-pyrrole nitrogens is 1. The molecule has 8 nitrogen and oxygen atoms in total. The van der Waals surface area contributed by atoms with E-state index in [2.05, 4.69) is 37.1 Å². The minimum absolute atomic E-state index is 0.622. The summed E-state index contributed by atoms with van der Waals surface area (Å²) in [6, 6.07) is 1.95. The quantitative estimate of drug-likeness (QED) is 0.402. The van der Waals surface area contributed by atoms with Crippen LogP contribution in [-0.2, 0) is 6.42 Å². The average Bonchev–Trinajstić information content (AvgIpc) is 3.41. The van der Waals surface area contributed by atoms with E-state index in [0.717, 1.165) is 52.5 Å². The summed E-state index contributed by atoms with van der Waals surface area (Å²) in [4.78, 5) is 29.2. The SMILES string of the molecule is CCc1[nH]c2nc(Sc3cnc4nccnc4c3)nc(NCCN3CCCC3)c2c1Cl. The Morgan fingerprint density at radius 2 is 2.00 bits per heavy atom. The van der Waals surface area contributed by atoms with Gasteiger partial charge in [0.05, 0.1) is 10.4 Å². The molecule has 0 atom stereocenters. The second-order valence-corrected chi connectivity index (χ2v) is 8.92. The van der Waals surface area contributed by atoms with Crippen LogP contribution in [0.2, 0.25) is 5.02 Å². The number of nitrogens with one attached hydrogen (secondary N) is 2. The summed E-state index contributed by atoms with van der Waals surface area (Å²) < 4.78 is 0. The number of fused-ring (bicyclic) bond motifs is 2. The Balaban J connectivity index is 1.45. The van der Waals surface area contributed by atoms with Gasteiger partial charge >= 0.3 is 0 Å². The van der Waals surface area contributed by atoms with Crippen LogP contribution in [0.3, 0.4) is 0 Å². The van der Waals surface area contributed by atoms with E-state index in [4.69, 9.17) is 21.6 Å². The second kappa shape index (κ2) is 8.94. The van der Waals surface area contributed by atoms with E-state index in [-0.39, 0.29) is 0 Å². The molecule has 2 N–H and O–H groups in total. The fourth-order valence-corrected chi connectivity index (χ4v) is 4.96. The molecule has 31 heavy (non-hydrogen) atoms. The molecule has 5 heterocycles. The number of aromatic nitrogens is 6. The zero-order valence-corrected chi connectivity index (χ0v) is 18.8. The molecule has 4 aromatic rings. The Morgan fingerprint density at radius 3 is 2.84 bits per heavy atom. The molecule has 0 saturated carbocycles. The normalized spacial score (nSPS) is 14.6. The molecule has 0 amide bonds. The van der Waals surface area contributed by atoms with Crippen molar-refractivity contribution in [1.82, 2.24) is 34.8 Å². The Bertz CT molecular complexity index is 1220. The molecule has 0 radical (unpaired) electrons. The van der Waals surface area contributed by atoms with Crippen molar-refractivity contribution in [3.05, 3.63) is 35.4 Å². The van der Waals surface area contributed by atoms with Gasteiger partial charge < -0.3 is 15.2 Å². The average molecular weight is 455 g/mol. The summed E-state index contributed by atoms with van der Waals surface area (Å²) in [5.74, 6) is 0.765. The minimum Gasteiger partial charge on any atom is -0.368 e. The monoisotopic (exact) mass is 454 g/mol. The highest BCUT2D eigenvalue weighted by Crippen LogP contribution is 2.35. The number of likely N-dealkylation sites (tertiary alicyclic amines) is 1. The first-order valence-corrected chi connectivity index (χ1v) is 11.7. The third-order valence-corrected chi connectivity index (χ3v) is 6.66. The fraction of sp³-hybridized carbons (Fsp3) is 0.381. The Hall–Kier alpha value is -2.49. The van der Waals surface area contributed by atoms with E-state index in [0.29, 0.717) is 15.8 Å². The Labute approximate surface area is 189 Å². The molecule has 4 aromatic heterocycles. The molecule has 0 aliphatic carbocycles. The van der Waals surface area contributed by atoms with E-state index in [1.165, 1.54) is 37.7 Å². The van der Waals surface area contributed by atoms with Crippen molar-refractivity contribution in [2.75, 3.05) is 31.5 Å². The molecular formula is C21H23ClN8S. The largest absolute Gasteiger partial charge is 0.368 e. The first kappa shape index (κ1) is 20.4. The predicted octanol–water partition coefficient (Wildman–Crippen LogP) is 4.17. The summed E-state index contributed by atoms with van der Waals surface area (Å²) in [6.45, 7) is 6.22. The lowest BCUT2D eigenvalue weighted by Gasteiger charge is -2.15. The molecule has 0 bridgehead atoms. The molecule has 1 fully saturated rings. The topological polar surface area (TPSA) is 95.5 Å². The lowest BCUT2D eigenvalue weighted by Crippen LogP contribution is -2.26. The van der Waals surface area contributed by atoms with Gasteiger partial charge in [0.2, 0.25) is 0 Å². The van der Waals surface area contributed by atoms with E-state index in [9.17, 15) is 0 Å². The molecule has 0 aromatic carbocycles. The highest BCUT2D eigenvalue weighted by atomic mass is 35.5. The standard InChI is InChI=1S/C21H23ClN8S/c1-2-14-17(22)16-19(25-7-10-30-8-3-4-9-30)28-21(29-20(16)27-14)31-13-11-15-18(26-12-13)24-6-5-23-15/h5-6,11-12H,2-4,7-10H2,1H3,(H2,25,27,28,29). The maximum Gasteiger partial charge on any atom is 0.196 e. The maximum atomic E-state index is 6.65. The van der Waals surface area contributed by atoms with Gasteiger partial charge in [-0.25, -0.2) is 19.9 Å². The second-order valence-electron chi connectivity index (χ2n) is 7.50. The summed E-state index contributed by atoms with van der Waals surface area (Å²) in [6.07, 6.45) is 8.45. The molecule has 5 rings (SSSR count). The van der Waals surface area contributed by atoms with Crippen LogP contribution in [0, 0.1) is 0 Å². The van der Waals surface area contributed by atoms with Crippen molar-refractivity contribution in [3.63, 3.8) is 0 Å². The van der Waals surface area contributed by atoms with E-state index >= 15 is 0 Å². The summed E-state index contributed by atoms with van der Waals surface area (Å²) in [7, 11) is 0. The number of anilines is 1. The highest BCUT2D eigenvalue weighted by Gasteiger charge is 2.18. The number of halogens is 1.